The molecule has 10 heteroatoms. The van der Waals surface area contributed by atoms with Crippen molar-refractivity contribution in [2.24, 2.45) is 0 Å². The number of anilines is 2. The van der Waals surface area contributed by atoms with Gasteiger partial charge in [-0.15, -0.1) is 0 Å². The molecule has 3 aromatic rings. The van der Waals surface area contributed by atoms with Crippen molar-refractivity contribution < 1.29 is 18.0 Å². The van der Waals surface area contributed by atoms with E-state index in [1.165, 1.54) is 12.3 Å². The lowest BCUT2D eigenvalue weighted by atomic mass is 10.3. The first-order chi connectivity index (χ1) is 12.4. The molecule has 3 heterocycles. The first-order valence-electron chi connectivity index (χ1n) is 7.40. The first-order valence-corrected chi connectivity index (χ1v) is 7.40. The number of nitrogens with one attached hydrogen (secondary N) is 2. The Morgan fingerprint density at radius 1 is 1.31 bits per heavy atom. The number of hydrogen-bond donors (Lipinski definition) is 2. The largest absolute Gasteiger partial charge is 0.433 e. The summed E-state index contributed by atoms with van der Waals surface area (Å²) in [5, 5.41) is 5.41. The zero-order valence-electron chi connectivity index (χ0n) is 13.3. The SMILES string of the molecule is C=CC(=O)NCc1cn2ccnc2c(Nc2ccnc(C(F)(F)F)c2)n1. The Hall–Kier alpha value is -3.43. The minimum atomic E-state index is -4.55. The lowest BCUT2D eigenvalue weighted by Gasteiger charge is -2.11. The van der Waals surface area contributed by atoms with E-state index in [2.05, 4.69) is 32.2 Å². The quantitative estimate of drug-likeness (QED) is 0.682. The summed E-state index contributed by atoms with van der Waals surface area (Å²) in [6.07, 6.45) is 2.48. The number of nitrogens with zero attached hydrogens (tertiary/aromatic N) is 4. The van der Waals surface area contributed by atoms with E-state index >= 15 is 0 Å². The van der Waals surface area contributed by atoms with Crippen LogP contribution < -0.4 is 10.6 Å². The number of imidazole rings is 1. The minimum Gasteiger partial charge on any atom is -0.347 e. The third-order valence-electron chi connectivity index (χ3n) is 3.37. The van der Waals surface area contributed by atoms with E-state index in [0.717, 1.165) is 18.3 Å². The number of fused-ring (bicyclic) bond motifs is 1. The number of halogens is 3. The number of hydrogen-bond acceptors (Lipinski definition) is 5. The maximum Gasteiger partial charge on any atom is 0.433 e. The van der Waals surface area contributed by atoms with Gasteiger partial charge in [-0.1, -0.05) is 6.58 Å². The molecule has 0 atom stereocenters. The molecular weight excluding hydrogens is 349 g/mol. The molecule has 0 spiro atoms. The van der Waals surface area contributed by atoms with E-state index in [9.17, 15) is 18.0 Å². The van der Waals surface area contributed by atoms with Crippen LogP contribution >= 0.6 is 0 Å². The van der Waals surface area contributed by atoms with Crippen LogP contribution in [0.15, 0.2) is 49.6 Å². The van der Waals surface area contributed by atoms with Gasteiger partial charge >= 0.3 is 6.18 Å². The van der Waals surface area contributed by atoms with Crippen molar-refractivity contribution in [3.05, 3.63) is 61.0 Å². The molecule has 134 valence electrons. The lowest BCUT2D eigenvalue weighted by Crippen LogP contribution is -2.21. The fraction of sp³-hybridized carbons (Fsp3) is 0.125. The molecule has 3 rings (SSSR count). The molecule has 0 aliphatic carbocycles. The first kappa shape index (κ1) is 17.4. The van der Waals surface area contributed by atoms with Crippen LogP contribution in [0.25, 0.3) is 5.65 Å². The van der Waals surface area contributed by atoms with Crippen LogP contribution in [0.5, 0.6) is 0 Å². The summed E-state index contributed by atoms with van der Waals surface area (Å²) in [7, 11) is 0. The van der Waals surface area contributed by atoms with Gasteiger partial charge in [0, 0.05) is 30.5 Å². The second-order valence-corrected chi connectivity index (χ2v) is 5.21. The van der Waals surface area contributed by atoms with Crippen molar-refractivity contribution in [2.75, 3.05) is 5.32 Å². The number of pyridine rings is 1. The van der Waals surface area contributed by atoms with Gasteiger partial charge in [-0.05, 0) is 18.2 Å². The van der Waals surface area contributed by atoms with Gasteiger partial charge in [-0.2, -0.15) is 13.2 Å². The van der Waals surface area contributed by atoms with Gasteiger partial charge in [-0.25, -0.2) is 9.97 Å². The fourth-order valence-corrected chi connectivity index (χ4v) is 2.20. The van der Waals surface area contributed by atoms with E-state index in [-0.39, 0.29) is 24.0 Å². The molecule has 7 nitrogen and oxygen atoms in total. The minimum absolute atomic E-state index is 0.123. The smallest absolute Gasteiger partial charge is 0.347 e. The molecule has 0 bridgehead atoms. The highest BCUT2D eigenvalue weighted by Crippen LogP contribution is 2.29. The standard InChI is InChI=1S/C16H13F3N6O/c1-2-13(26)22-8-11-9-25-6-5-21-15(25)14(24-11)23-10-3-4-20-12(7-10)16(17,18)19/h2-7,9H,1,8H2,(H,22,26)(H,20,23,24). The second-order valence-electron chi connectivity index (χ2n) is 5.21. The zero-order valence-corrected chi connectivity index (χ0v) is 13.3. The average Bonchev–Trinajstić information content (AvgIpc) is 3.08. The Morgan fingerprint density at radius 3 is 2.85 bits per heavy atom. The van der Waals surface area contributed by atoms with Crippen molar-refractivity contribution in [1.29, 1.82) is 0 Å². The van der Waals surface area contributed by atoms with E-state index < -0.39 is 11.9 Å². The summed E-state index contributed by atoms with van der Waals surface area (Å²) < 4.78 is 40.1. The number of amides is 1. The summed E-state index contributed by atoms with van der Waals surface area (Å²) in [6, 6.07) is 2.27. The Labute approximate surface area is 145 Å². The molecule has 3 aromatic heterocycles. The fourth-order valence-electron chi connectivity index (χ4n) is 2.20. The molecule has 26 heavy (non-hydrogen) atoms. The molecule has 2 N–H and O–H groups in total. The van der Waals surface area contributed by atoms with Crippen molar-refractivity contribution >= 4 is 23.1 Å². The summed E-state index contributed by atoms with van der Waals surface area (Å²) >= 11 is 0. The van der Waals surface area contributed by atoms with Gasteiger partial charge in [0.15, 0.2) is 11.5 Å². The Morgan fingerprint density at radius 2 is 2.12 bits per heavy atom. The molecule has 0 aliphatic heterocycles. The van der Waals surface area contributed by atoms with Crippen molar-refractivity contribution in [3.63, 3.8) is 0 Å². The van der Waals surface area contributed by atoms with Crippen LogP contribution in [0, 0.1) is 0 Å². The summed E-state index contributed by atoms with van der Waals surface area (Å²) in [5.41, 5.74) is 0.0562. The monoisotopic (exact) mass is 362 g/mol. The van der Waals surface area contributed by atoms with E-state index in [4.69, 9.17) is 0 Å². The molecule has 0 fully saturated rings. The zero-order chi connectivity index (χ0) is 18.7. The van der Waals surface area contributed by atoms with Crippen LogP contribution in [-0.2, 0) is 17.5 Å². The molecule has 0 saturated carbocycles. The molecule has 0 unspecified atom stereocenters. The lowest BCUT2D eigenvalue weighted by molar-refractivity contribution is -0.141. The number of carbonyl (C=O) groups is 1. The van der Waals surface area contributed by atoms with Gasteiger partial charge in [-0.3, -0.25) is 9.78 Å². The van der Waals surface area contributed by atoms with E-state index in [1.807, 2.05) is 0 Å². The van der Waals surface area contributed by atoms with Crippen molar-refractivity contribution in [3.8, 4) is 0 Å². The predicted octanol–water partition coefficient (Wildman–Crippen LogP) is 2.69. The van der Waals surface area contributed by atoms with Gasteiger partial charge in [0.2, 0.25) is 5.91 Å². The number of alkyl halides is 3. The molecule has 0 radical (unpaired) electrons. The number of aromatic nitrogens is 4. The molecule has 0 saturated heterocycles. The van der Waals surface area contributed by atoms with Crippen LogP contribution in [0.1, 0.15) is 11.4 Å². The Balaban J connectivity index is 1.93. The highest BCUT2D eigenvalue weighted by atomic mass is 19.4. The van der Waals surface area contributed by atoms with Crippen LogP contribution in [0.2, 0.25) is 0 Å². The highest BCUT2D eigenvalue weighted by Gasteiger charge is 2.32. The van der Waals surface area contributed by atoms with E-state index in [1.54, 1.807) is 16.8 Å². The maximum absolute atomic E-state index is 12.8. The molecular formula is C16H13F3N6O. The van der Waals surface area contributed by atoms with Crippen molar-refractivity contribution in [2.45, 2.75) is 12.7 Å². The molecule has 0 aliphatic rings. The predicted molar refractivity (Wildman–Crippen MR) is 87.6 cm³/mol. The molecule has 1 amide bonds. The third kappa shape index (κ3) is 3.79. The third-order valence-corrected chi connectivity index (χ3v) is 3.37. The molecule has 0 aromatic carbocycles. The summed E-state index contributed by atoms with van der Waals surface area (Å²) in [5.74, 6) is -0.115. The number of rotatable bonds is 5. The Bertz CT molecular complexity index is 966. The van der Waals surface area contributed by atoms with Gasteiger partial charge in [0.25, 0.3) is 0 Å². The summed E-state index contributed by atoms with van der Waals surface area (Å²) in [4.78, 5) is 23.1. The van der Waals surface area contributed by atoms with Gasteiger partial charge in [0.05, 0.1) is 12.2 Å². The maximum atomic E-state index is 12.8. The van der Waals surface area contributed by atoms with Crippen LogP contribution in [0.3, 0.4) is 0 Å². The average molecular weight is 362 g/mol. The van der Waals surface area contributed by atoms with Crippen molar-refractivity contribution in [1.82, 2.24) is 24.7 Å². The van der Waals surface area contributed by atoms with Crippen LogP contribution in [-0.4, -0.2) is 25.3 Å². The normalized spacial score (nSPS) is 11.3. The number of carbonyl (C=O) groups excluding carboxylic acids is 1. The van der Waals surface area contributed by atoms with E-state index in [0.29, 0.717) is 11.3 Å². The Kier molecular flexibility index (Phi) is 4.57. The van der Waals surface area contributed by atoms with Crippen LogP contribution in [0.4, 0.5) is 24.7 Å². The van der Waals surface area contributed by atoms with Gasteiger partial charge in [0.1, 0.15) is 5.69 Å². The van der Waals surface area contributed by atoms with Gasteiger partial charge < -0.3 is 15.0 Å². The highest BCUT2D eigenvalue weighted by molar-refractivity contribution is 5.86. The second kappa shape index (κ2) is 6.82. The summed E-state index contributed by atoms with van der Waals surface area (Å²) in [6.45, 7) is 3.48. The topological polar surface area (TPSA) is 84.2 Å².